The van der Waals surface area contributed by atoms with Gasteiger partial charge in [0.25, 0.3) is 0 Å². The molecule has 0 aliphatic heterocycles. The third-order valence-corrected chi connectivity index (χ3v) is 2.75. The quantitative estimate of drug-likeness (QED) is 0.727. The summed E-state index contributed by atoms with van der Waals surface area (Å²) in [6, 6.07) is -0.135. The van der Waals surface area contributed by atoms with E-state index in [1.165, 1.54) is 4.90 Å². The van der Waals surface area contributed by atoms with Crippen LogP contribution >= 0.6 is 0 Å². The molecule has 1 fully saturated rings. The Hall–Kier alpha value is -1.06. The number of hydrogen-bond acceptors (Lipinski definition) is 2. The van der Waals surface area contributed by atoms with E-state index in [9.17, 15) is 9.59 Å². The smallest absolute Gasteiger partial charge is 0.407 e. The van der Waals surface area contributed by atoms with Crippen LogP contribution in [-0.4, -0.2) is 33.5 Å². The molecular weight excluding hydrogens is 194 g/mol. The largest absolute Gasteiger partial charge is 0.465 e. The lowest BCUT2D eigenvalue weighted by Gasteiger charge is -2.40. The molecule has 15 heavy (non-hydrogen) atoms. The van der Waals surface area contributed by atoms with Gasteiger partial charge in [-0.1, -0.05) is 0 Å². The van der Waals surface area contributed by atoms with E-state index in [4.69, 9.17) is 5.11 Å². The molecular formula is C11H19NO3. The zero-order chi connectivity index (χ0) is 11.6. The Kier molecular flexibility index (Phi) is 3.37. The number of hydrogen-bond donors (Lipinski definition) is 1. The minimum atomic E-state index is -0.929. The lowest BCUT2D eigenvalue weighted by molar-refractivity contribution is -0.122. The number of carbonyl (C=O) groups excluding carboxylic acids is 1. The normalized spacial score (nSPS) is 22.6. The summed E-state index contributed by atoms with van der Waals surface area (Å²) >= 11 is 0. The fraction of sp³-hybridized carbons (Fsp3) is 0.818. The molecule has 1 amide bonds. The van der Waals surface area contributed by atoms with Crippen LogP contribution in [0.4, 0.5) is 4.79 Å². The summed E-state index contributed by atoms with van der Waals surface area (Å²) in [5.74, 6) is 0.182. The first-order valence-electron chi connectivity index (χ1n) is 5.36. The van der Waals surface area contributed by atoms with Crippen LogP contribution in [0.2, 0.25) is 0 Å². The molecule has 1 atom stereocenters. The zero-order valence-electron chi connectivity index (χ0n) is 9.62. The van der Waals surface area contributed by atoms with Crippen LogP contribution in [0.1, 0.15) is 46.5 Å². The summed E-state index contributed by atoms with van der Waals surface area (Å²) in [6.07, 6.45) is 1.67. The Labute approximate surface area is 90.3 Å². The average Bonchev–Trinajstić information content (AvgIpc) is 1.99. The van der Waals surface area contributed by atoms with Crippen molar-refractivity contribution in [2.24, 2.45) is 0 Å². The minimum absolute atomic E-state index is 0.135. The first kappa shape index (κ1) is 12.0. The monoisotopic (exact) mass is 213 g/mol. The first-order valence-corrected chi connectivity index (χ1v) is 5.36. The molecule has 0 aromatic carbocycles. The van der Waals surface area contributed by atoms with E-state index in [0.717, 1.165) is 12.8 Å². The summed E-state index contributed by atoms with van der Waals surface area (Å²) in [5, 5.41) is 9.16. The molecule has 1 unspecified atom stereocenters. The highest BCUT2D eigenvalue weighted by Crippen LogP contribution is 2.26. The van der Waals surface area contributed by atoms with Crippen LogP contribution in [0.25, 0.3) is 0 Å². The number of ketones is 1. The van der Waals surface area contributed by atoms with E-state index in [1.807, 2.05) is 20.8 Å². The highest BCUT2D eigenvalue weighted by atomic mass is 16.4. The molecule has 1 N–H and O–H groups in total. The van der Waals surface area contributed by atoms with Gasteiger partial charge >= 0.3 is 6.09 Å². The third kappa shape index (κ3) is 2.94. The van der Waals surface area contributed by atoms with Gasteiger partial charge in [-0.2, -0.15) is 0 Å². The molecule has 0 bridgehead atoms. The summed E-state index contributed by atoms with van der Waals surface area (Å²) < 4.78 is 0. The van der Waals surface area contributed by atoms with Crippen molar-refractivity contribution in [2.75, 3.05) is 0 Å². The standard InChI is InChI=1S/C11H19NO3/c1-11(2,3)12(10(14)15)8-5-4-6-9(13)7-8/h8H,4-7H2,1-3H3,(H,14,15). The van der Waals surface area contributed by atoms with Gasteiger partial charge < -0.3 is 10.0 Å². The number of Topliss-reactive ketones (excluding diaryl/α,β-unsaturated/α-hetero) is 1. The second kappa shape index (κ2) is 4.21. The Morgan fingerprint density at radius 3 is 2.47 bits per heavy atom. The van der Waals surface area contributed by atoms with Gasteiger partial charge in [-0.15, -0.1) is 0 Å². The van der Waals surface area contributed by atoms with Crippen molar-refractivity contribution in [3.8, 4) is 0 Å². The van der Waals surface area contributed by atoms with E-state index in [-0.39, 0.29) is 11.8 Å². The van der Waals surface area contributed by atoms with Gasteiger partial charge in [0.15, 0.2) is 0 Å². The maximum absolute atomic E-state index is 11.3. The SMILES string of the molecule is CC(C)(C)N(C(=O)O)C1CCCC(=O)C1. The van der Waals surface area contributed by atoms with Crippen LogP contribution in [0, 0.1) is 0 Å². The maximum Gasteiger partial charge on any atom is 0.407 e. The van der Waals surface area contributed by atoms with Gasteiger partial charge in [-0.25, -0.2) is 4.79 Å². The predicted octanol–water partition coefficient (Wildman–Crippen LogP) is 2.28. The Morgan fingerprint density at radius 2 is 2.07 bits per heavy atom. The van der Waals surface area contributed by atoms with Crippen molar-refractivity contribution < 1.29 is 14.7 Å². The molecule has 1 rings (SSSR count). The molecule has 1 aliphatic carbocycles. The van der Waals surface area contributed by atoms with Gasteiger partial charge in [0.2, 0.25) is 0 Å². The van der Waals surface area contributed by atoms with Crippen molar-refractivity contribution in [1.82, 2.24) is 4.90 Å². The number of rotatable bonds is 1. The number of carboxylic acid groups (broad SMARTS) is 1. The molecule has 86 valence electrons. The van der Waals surface area contributed by atoms with Crippen molar-refractivity contribution >= 4 is 11.9 Å². The summed E-state index contributed by atoms with van der Waals surface area (Å²) in [6.45, 7) is 5.58. The molecule has 0 spiro atoms. The Morgan fingerprint density at radius 1 is 1.47 bits per heavy atom. The molecule has 4 heteroatoms. The van der Waals surface area contributed by atoms with E-state index < -0.39 is 11.6 Å². The first-order chi connectivity index (χ1) is 6.82. The van der Waals surface area contributed by atoms with Gasteiger partial charge in [-0.3, -0.25) is 4.79 Å². The van der Waals surface area contributed by atoms with Crippen molar-refractivity contribution in [3.05, 3.63) is 0 Å². The second-order valence-corrected chi connectivity index (χ2v) is 5.11. The highest BCUT2D eigenvalue weighted by Gasteiger charge is 2.35. The van der Waals surface area contributed by atoms with Crippen molar-refractivity contribution in [2.45, 2.75) is 58.0 Å². The van der Waals surface area contributed by atoms with Gasteiger partial charge in [-0.05, 0) is 33.6 Å². The molecule has 1 saturated carbocycles. The third-order valence-electron chi connectivity index (χ3n) is 2.75. The number of carbonyl (C=O) groups is 2. The maximum atomic E-state index is 11.3. The van der Waals surface area contributed by atoms with Crippen LogP contribution in [0.3, 0.4) is 0 Å². The molecule has 0 heterocycles. The van der Waals surface area contributed by atoms with Crippen LogP contribution in [0.15, 0.2) is 0 Å². The highest BCUT2D eigenvalue weighted by molar-refractivity contribution is 5.80. The molecule has 0 aromatic heterocycles. The van der Waals surface area contributed by atoms with Crippen LogP contribution < -0.4 is 0 Å². The minimum Gasteiger partial charge on any atom is -0.465 e. The second-order valence-electron chi connectivity index (χ2n) is 5.11. The Bertz CT molecular complexity index is 267. The molecule has 0 saturated heterocycles. The summed E-state index contributed by atoms with van der Waals surface area (Å²) in [4.78, 5) is 23.9. The number of nitrogens with zero attached hydrogens (tertiary/aromatic N) is 1. The molecule has 1 aliphatic rings. The lowest BCUT2D eigenvalue weighted by atomic mass is 9.90. The van der Waals surface area contributed by atoms with E-state index in [2.05, 4.69) is 0 Å². The van der Waals surface area contributed by atoms with Crippen LogP contribution in [-0.2, 0) is 4.79 Å². The zero-order valence-corrected chi connectivity index (χ0v) is 9.62. The van der Waals surface area contributed by atoms with E-state index in [1.54, 1.807) is 0 Å². The fourth-order valence-electron chi connectivity index (χ4n) is 2.21. The van der Waals surface area contributed by atoms with E-state index in [0.29, 0.717) is 12.8 Å². The molecule has 4 nitrogen and oxygen atoms in total. The average molecular weight is 213 g/mol. The van der Waals surface area contributed by atoms with Gasteiger partial charge in [0, 0.05) is 24.4 Å². The molecule has 0 aromatic rings. The fourth-order valence-corrected chi connectivity index (χ4v) is 2.21. The summed E-state index contributed by atoms with van der Waals surface area (Å²) in [5.41, 5.74) is -0.436. The van der Waals surface area contributed by atoms with Gasteiger partial charge in [0.1, 0.15) is 5.78 Å². The lowest BCUT2D eigenvalue weighted by Crippen LogP contribution is -2.52. The van der Waals surface area contributed by atoms with Crippen LogP contribution in [0.5, 0.6) is 0 Å². The topological polar surface area (TPSA) is 57.6 Å². The number of amides is 1. The van der Waals surface area contributed by atoms with Crippen molar-refractivity contribution in [1.29, 1.82) is 0 Å². The van der Waals surface area contributed by atoms with Crippen molar-refractivity contribution in [3.63, 3.8) is 0 Å². The molecule has 0 radical (unpaired) electrons. The van der Waals surface area contributed by atoms with Gasteiger partial charge in [0.05, 0.1) is 0 Å². The Balaban J connectivity index is 2.80. The summed E-state index contributed by atoms with van der Waals surface area (Å²) in [7, 11) is 0. The van der Waals surface area contributed by atoms with E-state index >= 15 is 0 Å². The predicted molar refractivity (Wildman–Crippen MR) is 56.9 cm³/mol.